The number of fused-ring (bicyclic) bond motifs is 1. The number of hydrogen-bond donors (Lipinski definition) is 1. The first kappa shape index (κ1) is 19.9. The van der Waals surface area contributed by atoms with E-state index in [1.807, 2.05) is 38.1 Å². The number of carbonyl (C=O) groups excluding carboxylic acids is 2. The van der Waals surface area contributed by atoms with Gasteiger partial charge in [-0.15, -0.1) is 0 Å². The second kappa shape index (κ2) is 8.91. The first-order valence-electron chi connectivity index (χ1n) is 10.1. The number of amides is 2. The summed E-state index contributed by atoms with van der Waals surface area (Å²) >= 11 is 0. The van der Waals surface area contributed by atoms with E-state index in [0.29, 0.717) is 36.9 Å². The molecule has 1 heterocycles. The molecule has 5 nitrogen and oxygen atoms in total. The standard InChI is InChI=1S/C23H29N3O2/c1-4-25(5-2)23(28)19-10-8-11-20(15-19)24-22(27)16-26-17(3)13-14-18-9-6-7-12-21(18)26/h6-12,15,17H,4-5,13-14,16H2,1-3H3,(H,24,27)/t17-/m0/s1. The number of carbonyl (C=O) groups is 2. The van der Waals surface area contributed by atoms with E-state index in [-0.39, 0.29) is 11.8 Å². The molecule has 1 N–H and O–H groups in total. The van der Waals surface area contributed by atoms with Crippen LogP contribution in [0.5, 0.6) is 0 Å². The van der Waals surface area contributed by atoms with Crippen LogP contribution >= 0.6 is 0 Å². The highest BCUT2D eigenvalue weighted by Gasteiger charge is 2.24. The number of para-hydroxylation sites is 1. The van der Waals surface area contributed by atoms with E-state index in [9.17, 15) is 9.59 Å². The summed E-state index contributed by atoms with van der Waals surface area (Å²) in [5.74, 6) is -0.0873. The largest absolute Gasteiger partial charge is 0.359 e. The second-order valence-electron chi connectivity index (χ2n) is 7.25. The number of nitrogens with zero attached hydrogens (tertiary/aromatic N) is 2. The highest BCUT2D eigenvalue weighted by atomic mass is 16.2. The molecule has 0 aliphatic carbocycles. The molecule has 0 aromatic heterocycles. The summed E-state index contributed by atoms with van der Waals surface area (Å²) in [4.78, 5) is 29.2. The highest BCUT2D eigenvalue weighted by molar-refractivity contribution is 5.98. The van der Waals surface area contributed by atoms with Gasteiger partial charge < -0.3 is 15.1 Å². The first-order chi connectivity index (χ1) is 13.5. The van der Waals surface area contributed by atoms with Crippen molar-refractivity contribution in [2.75, 3.05) is 29.9 Å². The number of benzene rings is 2. The third-order valence-electron chi connectivity index (χ3n) is 5.42. The summed E-state index contributed by atoms with van der Waals surface area (Å²) in [6.07, 6.45) is 2.09. The van der Waals surface area contributed by atoms with Crippen molar-refractivity contribution in [2.45, 2.75) is 39.7 Å². The Morgan fingerprint density at radius 3 is 2.61 bits per heavy atom. The Balaban J connectivity index is 1.70. The van der Waals surface area contributed by atoms with E-state index in [0.717, 1.165) is 18.5 Å². The summed E-state index contributed by atoms with van der Waals surface area (Å²) in [6.45, 7) is 7.71. The van der Waals surface area contributed by atoms with Crippen molar-refractivity contribution in [3.05, 3.63) is 59.7 Å². The molecule has 1 aliphatic heterocycles. The van der Waals surface area contributed by atoms with Crippen LogP contribution in [-0.4, -0.2) is 42.4 Å². The maximum Gasteiger partial charge on any atom is 0.253 e. The lowest BCUT2D eigenvalue weighted by molar-refractivity contribution is -0.115. The molecule has 1 atom stereocenters. The van der Waals surface area contributed by atoms with Crippen molar-refractivity contribution in [1.29, 1.82) is 0 Å². The Bertz CT molecular complexity index is 845. The summed E-state index contributed by atoms with van der Waals surface area (Å²) in [7, 11) is 0. The minimum atomic E-state index is -0.0732. The third-order valence-corrected chi connectivity index (χ3v) is 5.42. The quantitative estimate of drug-likeness (QED) is 0.827. The molecular formula is C23H29N3O2. The molecule has 0 bridgehead atoms. The molecule has 0 saturated heterocycles. The summed E-state index contributed by atoms with van der Waals surface area (Å²) in [5.41, 5.74) is 3.68. The molecule has 0 spiro atoms. The Kier molecular flexibility index (Phi) is 6.34. The van der Waals surface area contributed by atoms with Crippen molar-refractivity contribution < 1.29 is 9.59 Å². The van der Waals surface area contributed by atoms with Crippen LogP contribution in [0.3, 0.4) is 0 Å². The van der Waals surface area contributed by atoms with Gasteiger partial charge in [-0.1, -0.05) is 24.3 Å². The first-order valence-corrected chi connectivity index (χ1v) is 10.1. The number of rotatable bonds is 6. The van der Waals surface area contributed by atoms with Crippen molar-refractivity contribution in [1.82, 2.24) is 4.90 Å². The van der Waals surface area contributed by atoms with E-state index in [2.05, 4.69) is 29.3 Å². The normalized spacial score (nSPS) is 15.7. The van der Waals surface area contributed by atoms with E-state index in [1.165, 1.54) is 5.56 Å². The van der Waals surface area contributed by atoms with Gasteiger partial charge in [-0.25, -0.2) is 0 Å². The average Bonchev–Trinajstić information content (AvgIpc) is 2.71. The van der Waals surface area contributed by atoms with Crippen LogP contribution in [0.1, 0.15) is 43.1 Å². The van der Waals surface area contributed by atoms with E-state index in [1.54, 1.807) is 17.0 Å². The second-order valence-corrected chi connectivity index (χ2v) is 7.25. The lowest BCUT2D eigenvalue weighted by Gasteiger charge is -2.36. The van der Waals surface area contributed by atoms with E-state index in [4.69, 9.17) is 0 Å². The average molecular weight is 380 g/mol. The third kappa shape index (κ3) is 4.35. The smallest absolute Gasteiger partial charge is 0.253 e. The molecule has 2 amide bonds. The number of hydrogen-bond acceptors (Lipinski definition) is 3. The molecule has 0 radical (unpaired) electrons. The Morgan fingerprint density at radius 2 is 1.86 bits per heavy atom. The molecule has 2 aromatic carbocycles. The highest BCUT2D eigenvalue weighted by Crippen LogP contribution is 2.30. The topological polar surface area (TPSA) is 52.7 Å². The molecule has 0 saturated carbocycles. The molecule has 0 fully saturated rings. The zero-order valence-corrected chi connectivity index (χ0v) is 16.9. The van der Waals surface area contributed by atoms with Gasteiger partial charge in [0.2, 0.25) is 5.91 Å². The predicted octanol–water partition coefficient (Wildman–Crippen LogP) is 3.95. The summed E-state index contributed by atoms with van der Waals surface area (Å²) in [5, 5.41) is 2.96. The van der Waals surface area contributed by atoms with Gasteiger partial charge in [0.15, 0.2) is 0 Å². The van der Waals surface area contributed by atoms with Gasteiger partial charge in [-0.2, -0.15) is 0 Å². The van der Waals surface area contributed by atoms with Gasteiger partial charge in [0.05, 0.1) is 6.54 Å². The van der Waals surface area contributed by atoms with E-state index >= 15 is 0 Å². The molecule has 28 heavy (non-hydrogen) atoms. The van der Waals surface area contributed by atoms with Crippen molar-refractivity contribution in [2.24, 2.45) is 0 Å². The predicted molar refractivity (Wildman–Crippen MR) is 114 cm³/mol. The lowest BCUT2D eigenvalue weighted by atomic mass is 9.96. The van der Waals surface area contributed by atoms with Crippen molar-refractivity contribution in [3.63, 3.8) is 0 Å². The van der Waals surface area contributed by atoms with Gasteiger partial charge in [-0.05, 0) is 63.4 Å². The molecule has 0 unspecified atom stereocenters. The lowest BCUT2D eigenvalue weighted by Crippen LogP contribution is -2.42. The van der Waals surface area contributed by atoms with Crippen LogP contribution < -0.4 is 10.2 Å². The monoisotopic (exact) mass is 379 g/mol. The van der Waals surface area contributed by atoms with Crippen LogP contribution in [0.2, 0.25) is 0 Å². The van der Waals surface area contributed by atoms with Gasteiger partial charge in [0.25, 0.3) is 5.91 Å². The van der Waals surface area contributed by atoms with Gasteiger partial charge >= 0.3 is 0 Å². The van der Waals surface area contributed by atoms with Crippen LogP contribution in [0.4, 0.5) is 11.4 Å². The summed E-state index contributed by atoms with van der Waals surface area (Å²) < 4.78 is 0. The maximum absolute atomic E-state index is 12.7. The van der Waals surface area contributed by atoms with Crippen molar-refractivity contribution >= 4 is 23.2 Å². The van der Waals surface area contributed by atoms with E-state index < -0.39 is 0 Å². The van der Waals surface area contributed by atoms with Crippen LogP contribution in [-0.2, 0) is 11.2 Å². The van der Waals surface area contributed by atoms with Crippen LogP contribution in [0.15, 0.2) is 48.5 Å². The Morgan fingerprint density at radius 1 is 1.11 bits per heavy atom. The molecule has 2 aromatic rings. The molecule has 1 aliphatic rings. The fourth-order valence-corrected chi connectivity index (χ4v) is 3.78. The molecule has 148 valence electrons. The van der Waals surface area contributed by atoms with Crippen LogP contribution in [0, 0.1) is 0 Å². The fourth-order valence-electron chi connectivity index (χ4n) is 3.78. The Labute approximate surface area is 167 Å². The number of aryl methyl sites for hydroxylation is 1. The minimum Gasteiger partial charge on any atom is -0.359 e. The maximum atomic E-state index is 12.7. The molecule has 3 rings (SSSR count). The number of nitrogens with one attached hydrogen (secondary N) is 1. The van der Waals surface area contributed by atoms with Gasteiger partial charge in [-0.3, -0.25) is 9.59 Å². The zero-order chi connectivity index (χ0) is 20.1. The number of anilines is 2. The Hall–Kier alpha value is -2.82. The van der Waals surface area contributed by atoms with Crippen LogP contribution in [0.25, 0.3) is 0 Å². The fraction of sp³-hybridized carbons (Fsp3) is 0.391. The van der Waals surface area contributed by atoms with Gasteiger partial charge in [0, 0.05) is 36.1 Å². The zero-order valence-electron chi connectivity index (χ0n) is 16.9. The minimum absolute atomic E-state index is 0.0142. The van der Waals surface area contributed by atoms with Crippen molar-refractivity contribution in [3.8, 4) is 0 Å². The molecular weight excluding hydrogens is 350 g/mol. The molecule has 5 heteroatoms. The summed E-state index contributed by atoms with van der Waals surface area (Å²) in [6, 6.07) is 15.8. The van der Waals surface area contributed by atoms with Gasteiger partial charge in [0.1, 0.15) is 0 Å². The SMILES string of the molecule is CCN(CC)C(=O)c1cccc(NC(=O)CN2c3ccccc3CC[C@@H]2C)c1.